The quantitative estimate of drug-likeness (QED) is 0.113. The molecule has 0 amide bonds. The van der Waals surface area contributed by atoms with Gasteiger partial charge in [-0.1, -0.05) is 375 Å². The lowest BCUT2D eigenvalue weighted by Crippen LogP contribution is -2.61. The van der Waals surface area contributed by atoms with E-state index in [0.717, 1.165) is 150 Å². The van der Waals surface area contributed by atoms with Gasteiger partial charge in [0.1, 0.15) is 0 Å². The Labute approximate surface area is 693 Å². The van der Waals surface area contributed by atoms with Gasteiger partial charge >= 0.3 is 0 Å². The molecule has 21 rings (SSSR count). The Kier molecular flexibility index (Phi) is 13.4. The van der Waals surface area contributed by atoms with Crippen LogP contribution in [0.25, 0.3) is 117 Å². The molecule has 0 spiro atoms. The summed E-state index contributed by atoms with van der Waals surface area (Å²) < 4.78 is 126. The number of benzene rings is 17. The third-order valence-electron chi connectivity index (χ3n) is 23.9. The van der Waals surface area contributed by atoms with Crippen molar-refractivity contribution in [1.82, 2.24) is 4.57 Å². The Morgan fingerprint density at radius 2 is 0.678 bits per heavy atom. The van der Waals surface area contributed by atoms with E-state index in [0.29, 0.717) is 22.6 Å². The summed E-state index contributed by atoms with van der Waals surface area (Å²) in [7, 11) is 0. The highest BCUT2D eigenvalue weighted by atomic mass is 15.2. The third kappa shape index (κ3) is 11.2. The number of nitrogens with zero attached hydrogens (tertiary/aromatic N) is 3. The number of rotatable bonds is 12. The van der Waals surface area contributed by atoms with E-state index >= 15 is 0 Å². The first-order valence-electron chi connectivity index (χ1n) is 45.9. The van der Waals surface area contributed by atoms with Crippen molar-refractivity contribution in [3.05, 3.63) is 433 Å². The second kappa shape index (κ2) is 27.3. The van der Waals surface area contributed by atoms with E-state index in [1.54, 1.807) is 4.57 Å². The fraction of sp³-hybridized carbons (Fsp3) is 0.0811. The molecule has 4 heteroatoms. The fourth-order valence-electron chi connectivity index (χ4n) is 18.5. The Bertz CT molecular complexity index is 7440. The van der Waals surface area contributed by atoms with Crippen LogP contribution in [-0.4, -0.2) is 11.3 Å². The molecule has 0 saturated heterocycles. The average Bonchev–Trinajstić information content (AvgIpc) is 1.10. The molecule has 0 bridgehead atoms. The Morgan fingerprint density at radius 1 is 0.287 bits per heavy atom. The van der Waals surface area contributed by atoms with Gasteiger partial charge in [0.05, 0.1) is 45.6 Å². The summed E-state index contributed by atoms with van der Waals surface area (Å²) in [6.07, 6.45) is 0. The van der Waals surface area contributed by atoms with Gasteiger partial charge in [0.25, 0.3) is 6.71 Å². The normalized spacial score (nSPS) is 15.6. The van der Waals surface area contributed by atoms with Crippen molar-refractivity contribution in [1.29, 1.82) is 0 Å². The highest BCUT2D eigenvalue weighted by Crippen LogP contribution is 2.61. The van der Waals surface area contributed by atoms with Crippen LogP contribution in [0, 0.1) is 0 Å². The van der Waals surface area contributed by atoms with E-state index in [9.17, 15) is 16.4 Å². The average molecular weight is 1480 g/mol. The standard InChI is InChI=1S/C111H84BN3/c1-109(2,3)84-68-92(76-39-18-9-19-40-76)107(93(69-84)77-41-20-10-21-42-77)114-101-65-80(74-37-16-8-17-38-74)59-63-97(101)112-98-64-62-86(113-99-55-32-29-50-89(99)90-51-30-33-56-100(90)113)72-102(98)115(108-94(78-43-22-11-23-44-78)70-85(110(4,5)6)71-95(108)79-45-24-12-25-46-79)104-67-81(66-103(114)106(104)112)87-52-34-53-91-88-49-28-31-54-96(88)111(105(87)91,82-47-26-13-27-48-82)83-60-57-75(58-61-83)73-35-14-7-15-36-73/h7-72H,1-6H3/i8D,16D,17D,29D,30D,32D,33D,37D,38D,50D,51D,55D,56D. The maximum atomic E-state index is 10.0. The molecule has 3 aliphatic rings. The van der Waals surface area contributed by atoms with Crippen LogP contribution in [0.15, 0.2) is 400 Å². The van der Waals surface area contributed by atoms with E-state index in [1.165, 1.54) is 0 Å². The maximum absolute atomic E-state index is 10.0. The van der Waals surface area contributed by atoms with Crippen molar-refractivity contribution in [2.45, 2.75) is 57.8 Å². The topological polar surface area (TPSA) is 11.4 Å². The zero-order valence-electron chi connectivity index (χ0n) is 77.5. The molecular weight excluding hydrogens is 1390 g/mol. The van der Waals surface area contributed by atoms with Crippen LogP contribution in [0.4, 0.5) is 34.1 Å². The van der Waals surface area contributed by atoms with Gasteiger partial charge in [-0.25, -0.2) is 0 Å². The monoisotopic (exact) mass is 1480 g/mol. The summed E-state index contributed by atoms with van der Waals surface area (Å²) in [5.74, 6) is 0. The fourth-order valence-corrected chi connectivity index (χ4v) is 18.5. The van der Waals surface area contributed by atoms with Gasteiger partial charge in [-0.3, -0.25) is 0 Å². The molecule has 17 aromatic carbocycles. The van der Waals surface area contributed by atoms with Crippen molar-refractivity contribution in [3.63, 3.8) is 0 Å². The predicted octanol–water partition coefficient (Wildman–Crippen LogP) is 27.5. The van der Waals surface area contributed by atoms with Crippen LogP contribution in [-0.2, 0) is 16.2 Å². The van der Waals surface area contributed by atoms with Crippen LogP contribution < -0.4 is 26.2 Å². The minimum absolute atomic E-state index is 0.0182. The molecule has 3 heterocycles. The SMILES string of the molecule is [2H]c1c([2H])c([2H])c(-c2ccc3c(c2)N(c2c(-c4ccccc4)cc(C(C)(C)C)cc2-c2ccccc2)c2cc(-c4cccc5c4C(c4ccccc4)(c4ccc(-c6ccccc6)cc4)c4ccccc4-5)cc4c2B3c2ccc(-n3c5c([2H])c([2H])c([2H])c([2H])c5c5c([2H])c([2H])c([2H])c([2H])c53)cc2N4c2c(-c3ccccc3)cc(C(C)(C)C)cc2-c2ccccc2)c([2H])c1[2H]. The van der Waals surface area contributed by atoms with Crippen LogP contribution in [0.3, 0.4) is 0 Å². The van der Waals surface area contributed by atoms with Crippen molar-refractivity contribution >= 4 is 79.0 Å². The lowest BCUT2D eigenvalue weighted by Gasteiger charge is -2.46. The largest absolute Gasteiger partial charge is 0.310 e. The molecule has 0 N–H and O–H groups in total. The van der Waals surface area contributed by atoms with Gasteiger partial charge in [-0.15, -0.1) is 0 Å². The minimum atomic E-state index is -1.01. The molecular formula is C111H84BN3. The van der Waals surface area contributed by atoms with Crippen LogP contribution in [0.1, 0.15) is 92.7 Å². The maximum Gasteiger partial charge on any atom is 0.252 e. The number of aromatic nitrogens is 1. The number of fused-ring (bicyclic) bond motifs is 10. The van der Waals surface area contributed by atoms with Crippen LogP contribution >= 0.6 is 0 Å². The first kappa shape index (κ1) is 56.4. The molecule has 1 aliphatic carbocycles. The summed E-state index contributed by atoms with van der Waals surface area (Å²) in [5, 5.41) is -0.120. The second-order valence-corrected chi connectivity index (χ2v) is 32.5. The van der Waals surface area contributed by atoms with Gasteiger partial charge in [-0.2, -0.15) is 0 Å². The number of hydrogen-bond acceptors (Lipinski definition) is 2. The van der Waals surface area contributed by atoms with Crippen molar-refractivity contribution < 1.29 is 17.8 Å². The van der Waals surface area contributed by atoms with Gasteiger partial charge in [0.15, 0.2) is 0 Å². The van der Waals surface area contributed by atoms with Crippen LogP contribution in [0.2, 0.25) is 0 Å². The van der Waals surface area contributed by atoms with Crippen molar-refractivity contribution in [3.8, 4) is 94.7 Å². The smallest absolute Gasteiger partial charge is 0.252 e. The molecule has 1 unspecified atom stereocenters. The molecule has 546 valence electrons. The highest BCUT2D eigenvalue weighted by molar-refractivity contribution is 7.00. The van der Waals surface area contributed by atoms with E-state index in [1.807, 2.05) is 54.6 Å². The molecule has 18 aromatic rings. The molecule has 0 radical (unpaired) electrons. The number of para-hydroxylation sites is 2. The molecule has 1 atom stereocenters. The molecule has 3 nitrogen and oxygen atoms in total. The molecule has 115 heavy (non-hydrogen) atoms. The zero-order chi connectivity index (χ0) is 88.6. The van der Waals surface area contributed by atoms with Gasteiger partial charge in [0, 0.05) is 61.5 Å². The number of anilines is 6. The predicted molar refractivity (Wildman–Crippen MR) is 488 cm³/mol. The molecule has 1 aromatic heterocycles. The minimum Gasteiger partial charge on any atom is -0.310 e. The Hall–Kier alpha value is -13.8. The highest BCUT2D eigenvalue weighted by Gasteiger charge is 2.50. The van der Waals surface area contributed by atoms with E-state index in [-0.39, 0.29) is 39.5 Å². The first-order valence-corrected chi connectivity index (χ1v) is 39.4. The lowest BCUT2D eigenvalue weighted by atomic mass is 9.33. The summed E-state index contributed by atoms with van der Waals surface area (Å²) in [6, 6.07) is 107. The molecule has 0 fully saturated rings. The zero-order valence-corrected chi connectivity index (χ0v) is 64.5. The number of hydrogen-bond donors (Lipinski definition) is 0. The second-order valence-electron chi connectivity index (χ2n) is 32.5. The van der Waals surface area contributed by atoms with E-state index < -0.39 is 89.4 Å². The molecule has 2 aliphatic heterocycles. The third-order valence-corrected chi connectivity index (χ3v) is 23.9. The van der Waals surface area contributed by atoms with Gasteiger partial charge in [-0.05, 0) is 194 Å². The summed E-state index contributed by atoms with van der Waals surface area (Å²) in [5.41, 5.74) is 25.0. The van der Waals surface area contributed by atoms with E-state index in [2.05, 4.69) is 318 Å². The Morgan fingerprint density at radius 3 is 1.18 bits per heavy atom. The summed E-state index contributed by atoms with van der Waals surface area (Å²) in [4.78, 5) is 4.81. The lowest BCUT2D eigenvalue weighted by molar-refractivity contribution is 0.590. The van der Waals surface area contributed by atoms with Gasteiger partial charge < -0.3 is 14.4 Å². The molecule has 0 saturated carbocycles. The van der Waals surface area contributed by atoms with Crippen molar-refractivity contribution in [2.75, 3.05) is 9.80 Å². The Balaban J connectivity index is 1.00. The first-order chi connectivity index (χ1) is 61.7. The van der Waals surface area contributed by atoms with Crippen LogP contribution in [0.5, 0.6) is 0 Å². The summed E-state index contributed by atoms with van der Waals surface area (Å²) >= 11 is 0. The van der Waals surface area contributed by atoms with E-state index in [4.69, 9.17) is 1.37 Å². The van der Waals surface area contributed by atoms with Gasteiger partial charge in [0.2, 0.25) is 0 Å². The summed E-state index contributed by atoms with van der Waals surface area (Å²) in [6.45, 7) is 12.6. The van der Waals surface area contributed by atoms with Crippen molar-refractivity contribution in [2.24, 2.45) is 0 Å².